The summed E-state index contributed by atoms with van der Waals surface area (Å²) in [5, 5.41) is 16.8. The van der Waals surface area contributed by atoms with E-state index in [9.17, 15) is 14.9 Å². The fourth-order valence-corrected chi connectivity index (χ4v) is 2.17. The van der Waals surface area contributed by atoms with Crippen molar-refractivity contribution in [3.05, 3.63) is 27.8 Å². The molecular formula is C13H17N3O5. The number of carbonyl (C=O) groups is 1. The molecular weight excluding hydrogens is 278 g/mol. The second-order valence-electron chi connectivity index (χ2n) is 4.70. The van der Waals surface area contributed by atoms with Crippen LogP contribution in [0.3, 0.4) is 0 Å². The number of nitrogens with one attached hydrogen (secondary N) is 2. The largest absolute Gasteiger partial charge is 0.382 e. The molecule has 1 aliphatic rings. The minimum atomic E-state index is -0.469. The lowest BCUT2D eigenvalue weighted by Gasteiger charge is -2.16. The summed E-state index contributed by atoms with van der Waals surface area (Å²) in [7, 11) is 3.10. The Bertz CT molecular complexity index is 561. The Morgan fingerprint density at radius 2 is 2.24 bits per heavy atom. The van der Waals surface area contributed by atoms with E-state index in [0.717, 1.165) is 0 Å². The minimum Gasteiger partial charge on any atom is -0.382 e. The molecule has 0 saturated heterocycles. The van der Waals surface area contributed by atoms with Gasteiger partial charge in [-0.3, -0.25) is 14.9 Å². The minimum absolute atomic E-state index is 0.0579. The molecule has 1 atom stereocenters. The fraction of sp³-hybridized carbons (Fsp3) is 0.462. The first-order valence-corrected chi connectivity index (χ1v) is 6.42. The standard InChI is InChI=1S/C13H17N3O5/c1-20-7-9(21-2)6-14-11-5-10-8(4-13(17)15-10)3-12(11)16(18)19/h3,5,9,14H,4,6-7H2,1-2H3,(H,15,17). The number of hydrogen-bond donors (Lipinski definition) is 2. The first-order valence-electron chi connectivity index (χ1n) is 6.42. The fourth-order valence-electron chi connectivity index (χ4n) is 2.17. The maximum atomic E-state index is 11.4. The number of anilines is 2. The van der Waals surface area contributed by atoms with Crippen LogP contribution in [0.2, 0.25) is 0 Å². The van der Waals surface area contributed by atoms with Gasteiger partial charge < -0.3 is 20.1 Å². The molecule has 0 aromatic heterocycles. The Morgan fingerprint density at radius 1 is 1.48 bits per heavy atom. The summed E-state index contributed by atoms with van der Waals surface area (Å²) in [4.78, 5) is 22.0. The number of hydrogen-bond acceptors (Lipinski definition) is 6. The number of carbonyl (C=O) groups excluding carboxylic acids is 1. The zero-order chi connectivity index (χ0) is 15.4. The first kappa shape index (κ1) is 15.2. The highest BCUT2D eigenvalue weighted by Gasteiger charge is 2.24. The van der Waals surface area contributed by atoms with Gasteiger partial charge in [0.2, 0.25) is 5.91 Å². The quantitative estimate of drug-likeness (QED) is 0.578. The Labute approximate surface area is 121 Å². The van der Waals surface area contributed by atoms with Gasteiger partial charge in [-0.1, -0.05) is 0 Å². The Balaban J connectivity index is 2.20. The SMILES string of the molecule is COCC(CNc1cc2c(cc1[N+](=O)[O-])CC(=O)N2)OC. The Morgan fingerprint density at radius 3 is 2.86 bits per heavy atom. The molecule has 8 nitrogen and oxygen atoms in total. The van der Waals surface area contributed by atoms with Crippen molar-refractivity contribution in [3.8, 4) is 0 Å². The van der Waals surface area contributed by atoms with Crippen LogP contribution in [0.4, 0.5) is 17.1 Å². The zero-order valence-electron chi connectivity index (χ0n) is 11.8. The number of benzene rings is 1. The number of methoxy groups -OCH3 is 2. The van der Waals surface area contributed by atoms with Gasteiger partial charge in [-0.05, 0) is 11.6 Å². The smallest absolute Gasteiger partial charge is 0.292 e. The second kappa shape index (κ2) is 6.51. The third-order valence-corrected chi connectivity index (χ3v) is 3.25. The molecule has 0 fully saturated rings. The van der Waals surface area contributed by atoms with Crippen LogP contribution in [0.15, 0.2) is 12.1 Å². The van der Waals surface area contributed by atoms with Crippen molar-refractivity contribution in [1.29, 1.82) is 0 Å². The van der Waals surface area contributed by atoms with Crippen molar-refractivity contribution in [2.24, 2.45) is 0 Å². The summed E-state index contributed by atoms with van der Waals surface area (Å²) in [5.41, 5.74) is 1.53. The van der Waals surface area contributed by atoms with E-state index in [1.807, 2.05) is 0 Å². The summed E-state index contributed by atoms with van der Waals surface area (Å²) in [6.45, 7) is 0.733. The maximum absolute atomic E-state index is 11.4. The lowest BCUT2D eigenvalue weighted by Crippen LogP contribution is -2.26. The molecule has 0 aliphatic carbocycles. The van der Waals surface area contributed by atoms with Crippen LogP contribution in [0.25, 0.3) is 0 Å². The van der Waals surface area contributed by atoms with E-state index in [2.05, 4.69) is 10.6 Å². The summed E-state index contributed by atoms with van der Waals surface area (Å²) >= 11 is 0. The second-order valence-corrected chi connectivity index (χ2v) is 4.70. The first-order chi connectivity index (χ1) is 10.0. The van der Waals surface area contributed by atoms with Gasteiger partial charge in [0.15, 0.2) is 0 Å². The van der Waals surface area contributed by atoms with E-state index in [1.54, 1.807) is 20.3 Å². The average Bonchev–Trinajstić information content (AvgIpc) is 2.81. The van der Waals surface area contributed by atoms with E-state index in [-0.39, 0.29) is 24.1 Å². The number of amides is 1. The van der Waals surface area contributed by atoms with E-state index in [4.69, 9.17) is 9.47 Å². The average molecular weight is 295 g/mol. The van der Waals surface area contributed by atoms with Crippen LogP contribution in [-0.2, 0) is 20.7 Å². The lowest BCUT2D eigenvalue weighted by molar-refractivity contribution is -0.384. The normalized spacial score (nSPS) is 14.5. The van der Waals surface area contributed by atoms with Gasteiger partial charge in [-0.25, -0.2) is 0 Å². The molecule has 1 aromatic carbocycles. The number of rotatable bonds is 7. The topological polar surface area (TPSA) is 103 Å². The highest BCUT2D eigenvalue weighted by Crippen LogP contribution is 2.34. The number of nitrogens with zero attached hydrogens (tertiary/aromatic N) is 1. The third kappa shape index (κ3) is 3.47. The molecule has 1 amide bonds. The van der Waals surface area contributed by atoms with Gasteiger partial charge in [0.1, 0.15) is 5.69 Å². The molecule has 8 heteroatoms. The van der Waals surface area contributed by atoms with Gasteiger partial charge in [0.05, 0.1) is 24.1 Å². The van der Waals surface area contributed by atoms with Gasteiger partial charge in [0, 0.05) is 32.5 Å². The molecule has 0 bridgehead atoms. The summed E-state index contributed by atoms with van der Waals surface area (Å²) in [6, 6.07) is 3.01. The van der Waals surface area contributed by atoms with Crippen molar-refractivity contribution in [1.82, 2.24) is 0 Å². The number of fused-ring (bicyclic) bond motifs is 1. The van der Waals surface area contributed by atoms with Crippen molar-refractivity contribution < 1.29 is 19.2 Å². The number of ether oxygens (including phenoxy) is 2. The molecule has 0 spiro atoms. The molecule has 2 N–H and O–H groups in total. The molecule has 1 aromatic rings. The van der Waals surface area contributed by atoms with Crippen LogP contribution in [0, 0.1) is 10.1 Å². The van der Waals surface area contributed by atoms with Gasteiger partial charge in [-0.15, -0.1) is 0 Å². The van der Waals surface area contributed by atoms with Gasteiger partial charge >= 0.3 is 0 Å². The molecule has 0 saturated carbocycles. The zero-order valence-corrected chi connectivity index (χ0v) is 11.8. The molecule has 1 unspecified atom stereocenters. The third-order valence-electron chi connectivity index (χ3n) is 3.25. The number of nitro benzene ring substituents is 1. The van der Waals surface area contributed by atoms with Crippen molar-refractivity contribution >= 4 is 23.0 Å². The summed E-state index contributed by atoms with van der Waals surface area (Å²) in [6.07, 6.45) is -0.0571. The van der Waals surface area contributed by atoms with Crippen LogP contribution >= 0.6 is 0 Å². The van der Waals surface area contributed by atoms with Crippen molar-refractivity contribution in [2.45, 2.75) is 12.5 Å². The van der Waals surface area contributed by atoms with Gasteiger partial charge in [0.25, 0.3) is 5.69 Å². The Kier molecular flexibility index (Phi) is 4.71. The highest BCUT2D eigenvalue weighted by molar-refractivity contribution is 6.00. The maximum Gasteiger partial charge on any atom is 0.292 e. The van der Waals surface area contributed by atoms with Crippen LogP contribution in [0.1, 0.15) is 5.56 Å². The molecule has 1 aliphatic heterocycles. The van der Waals surface area contributed by atoms with Crippen LogP contribution in [-0.4, -0.2) is 44.3 Å². The number of nitro groups is 1. The van der Waals surface area contributed by atoms with E-state index >= 15 is 0 Å². The predicted molar refractivity (Wildman–Crippen MR) is 76.6 cm³/mol. The van der Waals surface area contributed by atoms with E-state index in [0.29, 0.717) is 30.1 Å². The van der Waals surface area contributed by atoms with Crippen LogP contribution in [0.5, 0.6) is 0 Å². The van der Waals surface area contributed by atoms with Gasteiger partial charge in [-0.2, -0.15) is 0 Å². The van der Waals surface area contributed by atoms with Crippen molar-refractivity contribution in [2.75, 3.05) is 38.0 Å². The molecule has 114 valence electrons. The molecule has 2 rings (SSSR count). The summed E-state index contributed by atoms with van der Waals surface area (Å²) in [5.74, 6) is -0.161. The van der Waals surface area contributed by atoms with Crippen LogP contribution < -0.4 is 10.6 Å². The van der Waals surface area contributed by atoms with E-state index in [1.165, 1.54) is 6.07 Å². The molecule has 1 heterocycles. The van der Waals surface area contributed by atoms with Crippen molar-refractivity contribution in [3.63, 3.8) is 0 Å². The highest BCUT2D eigenvalue weighted by atomic mass is 16.6. The Hall–Kier alpha value is -2.19. The monoisotopic (exact) mass is 295 g/mol. The van der Waals surface area contributed by atoms with E-state index < -0.39 is 4.92 Å². The molecule has 21 heavy (non-hydrogen) atoms. The summed E-state index contributed by atoms with van der Waals surface area (Å²) < 4.78 is 10.2. The predicted octanol–water partition coefficient (Wildman–Crippen LogP) is 1.16. The molecule has 0 radical (unpaired) electrons. The lowest BCUT2D eigenvalue weighted by atomic mass is 10.1.